The highest BCUT2D eigenvalue weighted by molar-refractivity contribution is 7.14. The van der Waals surface area contributed by atoms with Crippen molar-refractivity contribution in [1.29, 1.82) is 0 Å². The molecule has 0 atom stereocenters. The molecule has 0 saturated heterocycles. The molecule has 3 rings (SSSR count). The molecule has 100 valence electrons. The Morgan fingerprint density at radius 2 is 2.10 bits per heavy atom. The van der Waals surface area contributed by atoms with E-state index in [9.17, 15) is 4.79 Å². The highest BCUT2D eigenvalue weighted by Crippen LogP contribution is 2.24. The number of carbonyl (C=O) groups is 1. The van der Waals surface area contributed by atoms with E-state index in [4.69, 9.17) is 8.83 Å². The van der Waals surface area contributed by atoms with Crippen molar-refractivity contribution in [3.8, 4) is 11.5 Å². The molecule has 6 heteroatoms. The molecule has 1 N–H and O–H groups in total. The van der Waals surface area contributed by atoms with E-state index in [2.05, 4.69) is 10.3 Å². The van der Waals surface area contributed by atoms with Crippen LogP contribution in [0.25, 0.3) is 17.5 Å². The van der Waals surface area contributed by atoms with Gasteiger partial charge in [0.1, 0.15) is 11.5 Å². The van der Waals surface area contributed by atoms with Crippen molar-refractivity contribution < 1.29 is 13.6 Å². The molecule has 0 unspecified atom stereocenters. The number of rotatable bonds is 4. The fourth-order valence-corrected chi connectivity index (χ4v) is 2.26. The van der Waals surface area contributed by atoms with Crippen LogP contribution in [0.4, 0.5) is 5.13 Å². The van der Waals surface area contributed by atoms with E-state index in [1.807, 2.05) is 11.4 Å². The molecular weight excluding hydrogens is 276 g/mol. The molecule has 0 aliphatic heterocycles. The summed E-state index contributed by atoms with van der Waals surface area (Å²) in [4.78, 5) is 16.0. The summed E-state index contributed by atoms with van der Waals surface area (Å²) in [5, 5.41) is 5.03. The molecule has 0 saturated carbocycles. The number of nitrogens with one attached hydrogen (secondary N) is 1. The Labute approximate surface area is 118 Å². The third-order valence-electron chi connectivity index (χ3n) is 2.45. The lowest BCUT2D eigenvalue weighted by Gasteiger charge is -1.94. The van der Waals surface area contributed by atoms with Gasteiger partial charge in [0.25, 0.3) is 0 Å². The van der Waals surface area contributed by atoms with Crippen LogP contribution in [0.5, 0.6) is 0 Å². The summed E-state index contributed by atoms with van der Waals surface area (Å²) in [6.07, 6.45) is 6.12. The summed E-state index contributed by atoms with van der Waals surface area (Å²) in [5.41, 5.74) is 0.699. The van der Waals surface area contributed by atoms with Gasteiger partial charge in [0.05, 0.1) is 12.5 Å². The zero-order valence-electron chi connectivity index (χ0n) is 10.3. The molecule has 0 aliphatic rings. The zero-order valence-corrected chi connectivity index (χ0v) is 11.1. The lowest BCUT2D eigenvalue weighted by atomic mass is 10.4. The molecule has 0 fully saturated rings. The summed E-state index contributed by atoms with van der Waals surface area (Å²) >= 11 is 1.34. The Morgan fingerprint density at radius 3 is 2.85 bits per heavy atom. The van der Waals surface area contributed by atoms with E-state index < -0.39 is 0 Å². The maximum atomic E-state index is 11.7. The van der Waals surface area contributed by atoms with E-state index in [0.29, 0.717) is 22.3 Å². The molecule has 20 heavy (non-hydrogen) atoms. The predicted molar refractivity (Wildman–Crippen MR) is 76.2 cm³/mol. The molecule has 0 spiro atoms. The minimum Gasteiger partial charge on any atom is -0.465 e. The summed E-state index contributed by atoms with van der Waals surface area (Å²) in [7, 11) is 0. The average Bonchev–Trinajstić information content (AvgIpc) is 3.18. The maximum absolute atomic E-state index is 11.7. The first-order valence-electron chi connectivity index (χ1n) is 5.83. The molecule has 3 aromatic rings. The molecule has 3 heterocycles. The number of aromatic nitrogens is 1. The minimum atomic E-state index is -0.262. The van der Waals surface area contributed by atoms with Gasteiger partial charge < -0.3 is 8.83 Å². The van der Waals surface area contributed by atoms with Crippen LogP contribution in [0.3, 0.4) is 0 Å². The van der Waals surface area contributed by atoms with Crippen molar-refractivity contribution in [2.75, 3.05) is 5.32 Å². The van der Waals surface area contributed by atoms with Gasteiger partial charge in [0, 0.05) is 11.5 Å². The Balaban J connectivity index is 1.65. The van der Waals surface area contributed by atoms with E-state index >= 15 is 0 Å². The standard InChI is InChI=1S/C14H10N2O3S/c17-13(6-5-10-3-1-7-18-10)16-14-15-11(9-20-14)12-4-2-8-19-12/h1-9H,(H,15,16,17)/b6-5+. The highest BCUT2D eigenvalue weighted by Gasteiger charge is 2.08. The van der Waals surface area contributed by atoms with Gasteiger partial charge in [-0.1, -0.05) is 0 Å². The van der Waals surface area contributed by atoms with Crippen LogP contribution in [0.1, 0.15) is 5.76 Å². The largest absolute Gasteiger partial charge is 0.465 e. The average molecular weight is 286 g/mol. The summed E-state index contributed by atoms with van der Waals surface area (Å²) < 4.78 is 10.3. The SMILES string of the molecule is O=C(/C=C/c1ccco1)Nc1nc(-c2ccco2)cs1. The highest BCUT2D eigenvalue weighted by atomic mass is 32.1. The van der Waals surface area contributed by atoms with Crippen LogP contribution < -0.4 is 5.32 Å². The fraction of sp³-hybridized carbons (Fsp3) is 0. The Bertz CT molecular complexity index is 712. The second kappa shape index (κ2) is 5.58. The molecule has 0 bridgehead atoms. The molecule has 5 nitrogen and oxygen atoms in total. The number of anilines is 1. The maximum Gasteiger partial charge on any atom is 0.250 e. The monoisotopic (exact) mass is 286 g/mol. The molecule has 0 aliphatic carbocycles. The van der Waals surface area contributed by atoms with Gasteiger partial charge in [-0.3, -0.25) is 10.1 Å². The van der Waals surface area contributed by atoms with Crippen molar-refractivity contribution >= 4 is 28.5 Å². The predicted octanol–water partition coefficient (Wildman–Crippen LogP) is 3.65. The number of hydrogen-bond donors (Lipinski definition) is 1. The number of nitrogens with zero attached hydrogens (tertiary/aromatic N) is 1. The van der Waals surface area contributed by atoms with Crippen LogP contribution in [0, 0.1) is 0 Å². The van der Waals surface area contributed by atoms with Crippen molar-refractivity contribution in [3.05, 3.63) is 54.0 Å². The van der Waals surface area contributed by atoms with Gasteiger partial charge in [-0.2, -0.15) is 0 Å². The van der Waals surface area contributed by atoms with Crippen LogP contribution in [-0.2, 0) is 4.79 Å². The van der Waals surface area contributed by atoms with Gasteiger partial charge in [0.15, 0.2) is 10.9 Å². The second-order valence-corrected chi connectivity index (χ2v) is 4.71. The normalized spacial score (nSPS) is 11.0. The number of amides is 1. The third kappa shape index (κ3) is 2.86. The van der Waals surface area contributed by atoms with Crippen molar-refractivity contribution in [2.24, 2.45) is 0 Å². The third-order valence-corrected chi connectivity index (χ3v) is 3.21. The Kier molecular flexibility index (Phi) is 3.47. The molecule has 1 amide bonds. The van der Waals surface area contributed by atoms with Gasteiger partial charge >= 0.3 is 0 Å². The van der Waals surface area contributed by atoms with Gasteiger partial charge in [0.2, 0.25) is 5.91 Å². The van der Waals surface area contributed by atoms with Crippen molar-refractivity contribution in [2.45, 2.75) is 0 Å². The van der Waals surface area contributed by atoms with E-state index in [0.717, 1.165) is 0 Å². The zero-order chi connectivity index (χ0) is 13.8. The number of hydrogen-bond acceptors (Lipinski definition) is 5. The number of thiazole rings is 1. The quantitative estimate of drug-likeness (QED) is 0.743. The van der Waals surface area contributed by atoms with E-state index in [1.54, 1.807) is 36.8 Å². The van der Waals surface area contributed by atoms with Crippen molar-refractivity contribution in [3.63, 3.8) is 0 Å². The fourth-order valence-electron chi connectivity index (χ4n) is 1.56. The van der Waals surface area contributed by atoms with Gasteiger partial charge in [-0.05, 0) is 30.3 Å². The lowest BCUT2D eigenvalue weighted by molar-refractivity contribution is -0.111. The first-order valence-corrected chi connectivity index (χ1v) is 6.71. The van der Waals surface area contributed by atoms with E-state index in [1.165, 1.54) is 17.4 Å². The van der Waals surface area contributed by atoms with E-state index in [-0.39, 0.29) is 5.91 Å². The molecular formula is C14H10N2O3S. The first kappa shape index (κ1) is 12.4. The Hall–Kier alpha value is -2.60. The molecule has 0 aromatic carbocycles. The number of furan rings is 2. The van der Waals surface area contributed by atoms with Crippen LogP contribution >= 0.6 is 11.3 Å². The summed E-state index contributed by atoms with van der Waals surface area (Å²) in [5.74, 6) is 1.03. The second-order valence-electron chi connectivity index (χ2n) is 3.85. The summed E-state index contributed by atoms with van der Waals surface area (Å²) in [6, 6.07) is 7.13. The lowest BCUT2D eigenvalue weighted by Crippen LogP contribution is -2.07. The number of carbonyl (C=O) groups excluding carboxylic acids is 1. The van der Waals surface area contributed by atoms with Gasteiger partial charge in [-0.25, -0.2) is 4.98 Å². The van der Waals surface area contributed by atoms with Crippen LogP contribution in [-0.4, -0.2) is 10.9 Å². The first-order chi connectivity index (χ1) is 9.81. The smallest absolute Gasteiger partial charge is 0.250 e. The molecule has 0 radical (unpaired) electrons. The summed E-state index contributed by atoms with van der Waals surface area (Å²) in [6.45, 7) is 0. The van der Waals surface area contributed by atoms with Crippen LogP contribution in [0.15, 0.2) is 57.1 Å². The van der Waals surface area contributed by atoms with Crippen LogP contribution in [0.2, 0.25) is 0 Å². The Morgan fingerprint density at radius 1 is 1.25 bits per heavy atom. The minimum absolute atomic E-state index is 0.262. The molecule has 3 aromatic heterocycles. The van der Waals surface area contributed by atoms with Gasteiger partial charge in [-0.15, -0.1) is 11.3 Å². The van der Waals surface area contributed by atoms with Crippen molar-refractivity contribution in [1.82, 2.24) is 4.98 Å². The topological polar surface area (TPSA) is 68.3 Å².